The monoisotopic (exact) mass is 367 g/mol. The van der Waals surface area contributed by atoms with E-state index in [1.54, 1.807) is 6.07 Å². The number of nitrogens with zero attached hydrogens (tertiary/aromatic N) is 3. The van der Waals surface area contributed by atoms with E-state index in [9.17, 15) is 18.5 Å². The summed E-state index contributed by atoms with van der Waals surface area (Å²) in [6.07, 6.45) is 3.73. The minimum Gasteiger partial charge on any atom is -0.370 e. The molecule has 2 aliphatic heterocycles. The summed E-state index contributed by atoms with van der Waals surface area (Å²) < 4.78 is 27.7. The first-order chi connectivity index (χ1) is 11.7. The van der Waals surface area contributed by atoms with Gasteiger partial charge in [0.15, 0.2) is 0 Å². The number of anilines is 1. The summed E-state index contributed by atoms with van der Waals surface area (Å²) in [6.45, 7) is 6.81. The quantitative estimate of drug-likeness (QED) is 0.603. The topological polar surface area (TPSA) is 83.8 Å². The summed E-state index contributed by atoms with van der Waals surface area (Å²) in [4.78, 5) is 12.8. The van der Waals surface area contributed by atoms with Crippen LogP contribution in [0.3, 0.4) is 0 Å². The van der Waals surface area contributed by atoms with Crippen LogP contribution < -0.4 is 4.90 Å². The highest BCUT2D eigenvalue weighted by atomic mass is 32.2. The van der Waals surface area contributed by atoms with Crippen molar-refractivity contribution in [1.82, 2.24) is 4.31 Å². The molecule has 25 heavy (non-hydrogen) atoms. The first kappa shape index (κ1) is 18.1. The molecular weight excluding hydrogens is 342 g/mol. The molecule has 8 heteroatoms. The number of rotatable bonds is 4. The molecule has 0 spiro atoms. The van der Waals surface area contributed by atoms with E-state index in [-0.39, 0.29) is 16.0 Å². The van der Waals surface area contributed by atoms with Crippen LogP contribution in [0.2, 0.25) is 0 Å². The van der Waals surface area contributed by atoms with Crippen LogP contribution >= 0.6 is 0 Å². The molecule has 0 bridgehead atoms. The van der Waals surface area contributed by atoms with Crippen LogP contribution in [0.4, 0.5) is 11.4 Å². The van der Waals surface area contributed by atoms with Gasteiger partial charge in [-0.3, -0.25) is 10.1 Å². The van der Waals surface area contributed by atoms with Crippen LogP contribution in [0.15, 0.2) is 23.1 Å². The van der Waals surface area contributed by atoms with Crippen molar-refractivity contribution in [2.24, 2.45) is 5.41 Å². The molecule has 0 radical (unpaired) electrons. The van der Waals surface area contributed by atoms with E-state index in [4.69, 9.17) is 0 Å². The Morgan fingerprint density at radius 1 is 1.12 bits per heavy atom. The molecule has 3 rings (SSSR count). The van der Waals surface area contributed by atoms with Gasteiger partial charge in [0.1, 0.15) is 4.90 Å². The number of hydrogen-bond acceptors (Lipinski definition) is 5. The van der Waals surface area contributed by atoms with Gasteiger partial charge in [-0.15, -0.1) is 0 Å². The van der Waals surface area contributed by atoms with Crippen molar-refractivity contribution in [3.8, 4) is 0 Å². The van der Waals surface area contributed by atoms with E-state index in [1.165, 1.54) is 16.4 Å². The van der Waals surface area contributed by atoms with E-state index in [0.29, 0.717) is 18.8 Å². The fourth-order valence-corrected chi connectivity index (χ4v) is 5.53. The van der Waals surface area contributed by atoms with Gasteiger partial charge in [-0.05, 0) is 37.2 Å². The first-order valence-corrected chi connectivity index (χ1v) is 10.2. The maximum atomic E-state index is 13.1. The lowest BCUT2D eigenvalue weighted by Crippen LogP contribution is -2.41. The number of nitro groups is 1. The third-order valence-electron chi connectivity index (χ3n) is 5.08. The molecule has 0 amide bonds. The van der Waals surface area contributed by atoms with Gasteiger partial charge < -0.3 is 4.90 Å². The Kier molecular flexibility index (Phi) is 4.76. The Labute approximate surface area is 148 Å². The van der Waals surface area contributed by atoms with E-state index in [1.807, 2.05) is 0 Å². The zero-order valence-corrected chi connectivity index (χ0v) is 15.6. The predicted octanol–water partition coefficient (Wildman–Crippen LogP) is 3.01. The van der Waals surface area contributed by atoms with Gasteiger partial charge in [0.2, 0.25) is 10.0 Å². The average Bonchev–Trinajstić information content (AvgIpc) is 3.08. The highest BCUT2D eigenvalue weighted by Gasteiger charge is 2.34. The molecule has 0 unspecified atom stereocenters. The summed E-state index contributed by atoms with van der Waals surface area (Å²) in [5.74, 6) is 0. The van der Waals surface area contributed by atoms with E-state index >= 15 is 0 Å². The molecule has 2 fully saturated rings. The zero-order valence-electron chi connectivity index (χ0n) is 14.8. The van der Waals surface area contributed by atoms with Crippen molar-refractivity contribution in [1.29, 1.82) is 0 Å². The lowest BCUT2D eigenvalue weighted by atomic mass is 9.84. The lowest BCUT2D eigenvalue weighted by Gasteiger charge is -2.40. The standard InChI is InChI=1S/C17H25N3O4S/c1-17(2)8-5-9-18(13-17)15-7-6-14(20(21)22)12-16(15)25(23,24)19-10-3-4-11-19/h6-7,12H,3-5,8-11,13H2,1-2H3. The van der Waals surface area contributed by atoms with Gasteiger partial charge in [-0.1, -0.05) is 13.8 Å². The zero-order chi connectivity index (χ0) is 18.2. The van der Waals surface area contributed by atoms with Crippen LogP contribution in [-0.4, -0.2) is 43.8 Å². The fourth-order valence-electron chi connectivity index (χ4n) is 3.78. The van der Waals surface area contributed by atoms with Crippen LogP contribution in [0, 0.1) is 15.5 Å². The van der Waals surface area contributed by atoms with Gasteiger partial charge >= 0.3 is 0 Å². The molecule has 2 saturated heterocycles. The predicted molar refractivity (Wildman–Crippen MR) is 96.3 cm³/mol. The fraction of sp³-hybridized carbons (Fsp3) is 0.647. The lowest BCUT2D eigenvalue weighted by molar-refractivity contribution is -0.385. The maximum Gasteiger partial charge on any atom is 0.270 e. The molecule has 0 aliphatic carbocycles. The number of non-ortho nitro benzene ring substituents is 1. The largest absolute Gasteiger partial charge is 0.370 e. The third kappa shape index (κ3) is 3.64. The molecule has 0 aromatic heterocycles. The number of nitro benzene ring substituents is 1. The Morgan fingerprint density at radius 3 is 2.40 bits per heavy atom. The van der Waals surface area contributed by atoms with Gasteiger partial charge in [0, 0.05) is 38.3 Å². The molecule has 2 aliphatic rings. The van der Waals surface area contributed by atoms with Gasteiger partial charge in [-0.25, -0.2) is 8.42 Å². The molecule has 1 aromatic rings. The van der Waals surface area contributed by atoms with E-state index < -0.39 is 14.9 Å². The molecule has 0 N–H and O–H groups in total. The minimum atomic E-state index is -3.72. The smallest absolute Gasteiger partial charge is 0.270 e. The van der Waals surface area contributed by atoms with Crippen LogP contribution in [0.25, 0.3) is 0 Å². The van der Waals surface area contributed by atoms with Gasteiger partial charge in [0.25, 0.3) is 5.69 Å². The molecule has 138 valence electrons. The molecule has 2 heterocycles. The summed E-state index contributed by atoms with van der Waals surface area (Å²) in [5, 5.41) is 11.2. The van der Waals surface area contributed by atoms with Crippen LogP contribution in [0.5, 0.6) is 0 Å². The number of sulfonamides is 1. The number of benzene rings is 1. The highest BCUT2D eigenvalue weighted by molar-refractivity contribution is 7.89. The molecular formula is C17H25N3O4S. The van der Waals surface area contributed by atoms with Crippen molar-refractivity contribution in [2.45, 2.75) is 44.4 Å². The Balaban J connectivity index is 2.07. The third-order valence-corrected chi connectivity index (χ3v) is 7.01. The normalized spacial score (nSPS) is 21.4. The Hall–Kier alpha value is -1.67. The highest BCUT2D eigenvalue weighted by Crippen LogP contribution is 2.37. The van der Waals surface area contributed by atoms with Crippen molar-refractivity contribution in [3.05, 3.63) is 28.3 Å². The van der Waals surface area contributed by atoms with Crippen molar-refractivity contribution in [3.63, 3.8) is 0 Å². The average molecular weight is 367 g/mol. The number of hydrogen-bond donors (Lipinski definition) is 0. The van der Waals surface area contributed by atoms with E-state index in [0.717, 1.165) is 38.8 Å². The van der Waals surface area contributed by atoms with Crippen molar-refractivity contribution >= 4 is 21.4 Å². The first-order valence-electron chi connectivity index (χ1n) is 8.74. The van der Waals surface area contributed by atoms with Gasteiger partial charge in [-0.2, -0.15) is 4.31 Å². The number of piperidine rings is 1. The summed E-state index contributed by atoms with van der Waals surface area (Å²) in [7, 11) is -3.72. The Morgan fingerprint density at radius 2 is 1.80 bits per heavy atom. The maximum absolute atomic E-state index is 13.1. The molecule has 0 atom stereocenters. The van der Waals surface area contributed by atoms with E-state index in [2.05, 4.69) is 18.7 Å². The Bertz CT molecular complexity index is 770. The minimum absolute atomic E-state index is 0.0706. The molecule has 7 nitrogen and oxygen atoms in total. The SMILES string of the molecule is CC1(C)CCCN(c2ccc([N+](=O)[O-])cc2S(=O)(=O)N2CCCC2)C1. The second kappa shape index (κ2) is 6.57. The summed E-state index contributed by atoms with van der Waals surface area (Å²) in [5.41, 5.74) is 0.498. The van der Waals surface area contributed by atoms with Crippen molar-refractivity contribution < 1.29 is 13.3 Å². The van der Waals surface area contributed by atoms with Crippen LogP contribution in [-0.2, 0) is 10.0 Å². The van der Waals surface area contributed by atoms with Crippen molar-refractivity contribution in [2.75, 3.05) is 31.1 Å². The molecule has 1 aromatic carbocycles. The summed E-state index contributed by atoms with van der Waals surface area (Å²) in [6, 6.07) is 4.23. The second-order valence-electron chi connectivity index (χ2n) is 7.71. The molecule has 0 saturated carbocycles. The summed E-state index contributed by atoms with van der Waals surface area (Å²) >= 11 is 0. The van der Waals surface area contributed by atoms with Crippen LogP contribution in [0.1, 0.15) is 39.5 Å². The van der Waals surface area contributed by atoms with Gasteiger partial charge in [0.05, 0.1) is 10.6 Å². The second-order valence-corrected chi connectivity index (χ2v) is 9.62.